The Morgan fingerprint density at radius 1 is 1.11 bits per heavy atom. The first-order valence-corrected chi connectivity index (χ1v) is 6.51. The minimum Gasteiger partial charge on any atom is -0.497 e. The second-order valence-corrected chi connectivity index (χ2v) is 4.93. The Morgan fingerprint density at radius 3 is 2.84 bits per heavy atom. The van der Waals surface area contributed by atoms with Crippen LogP contribution in [0.2, 0.25) is 5.02 Å². The fourth-order valence-corrected chi connectivity index (χ4v) is 2.46. The zero-order valence-corrected chi connectivity index (χ0v) is 11.4. The van der Waals surface area contributed by atoms with E-state index < -0.39 is 0 Å². The van der Waals surface area contributed by atoms with Gasteiger partial charge < -0.3 is 9.30 Å². The first-order chi connectivity index (χ1) is 9.26. The molecule has 0 radical (unpaired) electrons. The maximum Gasteiger partial charge on any atom is 0.119 e. The van der Waals surface area contributed by atoms with Crippen molar-refractivity contribution in [2.24, 2.45) is 0 Å². The SMILES string of the molecule is COc1cccc(Cn2ccc3cc(Cl)ccc32)c1. The Bertz CT molecular complexity index is 718. The third-order valence-electron chi connectivity index (χ3n) is 3.22. The lowest BCUT2D eigenvalue weighted by molar-refractivity contribution is 0.414. The number of nitrogens with zero attached hydrogens (tertiary/aromatic N) is 1. The van der Waals surface area contributed by atoms with E-state index in [1.165, 1.54) is 11.1 Å². The summed E-state index contributed by atoms with van der Waals surface area (Å²) in [6, 6.07) is 16.2. The molecule has 2 nitrogen and oxygen atoms in total. The number of rotatable bonds is 3. The van der Waals surface area contributed by atoms with Gasteiger partial charge in [-0.25, -0.2) is 0 Å². The molecule has 96 valence electrons. The lowest BCUT2D eigenvalue weighted by Gasteiger charge is -2.07. The highest BCUT2D eigenvalue weighted by Gasteiger charge is 2.03. The molecule has 0 aliphatic rings. The molecule has 19 heavy (non-hydrogen) atoms. The van der Waals surface area contributed by atoms with Crippen molar-refractivity contribution in [3.8, 4) is 5.75 Å². The maximum absolute atomic E-state index is 6.00. The molecule has 0 spiro atoms. The molecule has 1 heterocycles. The summed E-state index contributed by atoms with van der Waals surface area (Å²) in [6.45, 7) is 0.822. The summed E-state index contributed by atoms with van der Waals surface area (Å²) in [5.41, 5.74) is 2.40. The van der Waals surface area contributed by atoms with E-state index in [4.69, 9.17) is 16.3 Å². The number of fused-ring (bicyclic) bond motifs is 1. The number of hydrogen-bond acceptors (Lipinski definition) is 1. The fourth-order valence-electron chi connectivity index (χ4n) is 2.28. The Morgan fingerprint density at radius 2 is 2.00 bits per heavy atom. The van der Waals surface area contributed by atoms with Crippen LogP contribution in [0.25, 0.3) is 10.9 Å². The average molecular weight is 272 g/mol. The zero-order valence-electron chi connectivity index (χ0n) is 10.6. The average Bonchev–Trinajstić information content (AvgIpc) is 2.81. The Kier molecular flexibility index (Phi) is 3.18. The van der Waals surface area contributed by atoms with Gasteiger partial charge in [0, 0.05) is 28.7 Å². The highest BCUT2D eigenvalue weighted by atomic mass is 35.5. The maximum atomic E-state index is 6.00. The van der Waals surface area contributed by atoms with E-state index >= 15 is 0 Å². The van der Waals surface area contributed by atoms with Gasteiger partial charge in [0.1, 0.15) is 5.75 Å². The van der Waals surface area contributed by atoms with Gasteiger partial charge in [-0.1, -0.05) is 23.7 Å². The van der Waals surface area contributed by atoms with Crippen LogP contribution in [0.5, 0.6) is 5.75 Å². The molecular weight excluding hydrogens is 258 g/mol. The van der Waals surface area contributed by atoms with Gasteiger partial charge in [-0.3, -0.25) is 0 Å². The van der Waals surface area contributed by atoms with Crippen LogP contribution in [0.3, 0.4) is 0 Å². The quantitative estimate of drug-likeness (QED) is 0.691. The van der Waals surface area contributed by atoms with Crippen molar-refractivity contribution in [2.75, 3.05) is 7.11 Å². The lowest BCUT2D eigenvalue weighted by atomic mass is 10.2. The summed E-state index contributed by atoms with van der Waals surface area (Å²) in [7, 11) is 1.69. The number of methoxy groups -OCH3 is 1. The second kappa shape index (κ2) is 4.98. The molecule has 3 rings (SSSR count). The minimum absolute atomic E-state index is 0.770. The Hall–Kier alpha value is -1.93. The molecule has 1 aromatic heterocycles. The third-order valence-corrected chi connectivity index (χ3v) is 3.46. The van der Waals surface area contributed by atoms with Gasteiger partial charge in [0.15, 0.2) is 0 Å². The summed E-state index contributed by atoms with van der Waals surface area (Å²) < 4.78 is 7.46. The van der Waals surface area contributed by atoms with Crippen LogP contribution in [0.1, 0.15) is 5.56 Å². The zero-order chi connectivity index (χ0) is 13.2. The smallest absolute Gasteiger partial charge is 0.119 e. The molecule has 0 aliphatic heterocycles. The van der Waals surface area contributed by atoms with Gasteiger partial charge in [0.25, 0.3) is 0 Å². The number of aromatic nitrogens is 1. The normalized spacial score (nSPS) is 10.8. The molecule has 0 N–H and O–H groups in total. The van der Waals surface area contributed by atoms with Crippen LogP contribution in [-0.4, -0.2) is 11.7 Å². The molecule has 0 bridgehead atoms. The van der Waals surface area contributed by atoms with E-state index in [-0.39, 0.29) is 0 Å². The van der Waals surface area contributed by atoms with Gasteiger partial charge in [0.2, 0.25) is 0 Å². The predicted octanol–water partition coefficient (Wildman–Crippen LogP) is 4.35. The molecule has 0 fully saturated rings. The largest absolute Gasteiger partial charge is 0.497 e. The molecule has 3 aromatic rings. The van der Waals surface area contributed by atoms with Crippen molar-refractivity contribution in [1.82, 2.24) is 4.57 Å². The third kappa shape index (κ3) is 2.45. The van der Waals surface area contributed by atoms with Gasteiger partial charge >= 0.3 is 0 Å². The van der Waals surface area contributed by atoms with Crippen molar-refractivity contribution in [3.63, 3.8) is 0 Å². The van der Waals surface area contributed by atoms with Crippen molar-refractivity contribution < 1.29 is 4.74 Å². The summed E-state index contributed by atoms with van der Waals surface area (Å²) in [5, 5.41) is 1.93. The van der Waals surface area contributed by atoms with Crippen LogP contribution in [0, 0.1) is 0 Å². The summed E-state index contributed by atoms with van der Waals surface area (Å²) in [5.74, 6) is 0.886. The molecule has 2 aromatic carbocycles. The highest BCUT2D eigenvalue weighted by molar-refractivity contribution is 6.31. The van der Waals surface area contributed by atoms with E-state index in [0.717, 1.165) is 22.7 Å². The van der Waals surface area contributed by atoms with Crippen molar-refractivity contribution in [2.45, 2.75) is 6.54 Å². The first kappa shape index (κ1) is 12.1. The molecule has 3 heteroatoms. The predicted molar refractivity (Wildman–Crippen MR) is 79.0 cm³/mol. The van der Waals surface area contributed by atoms with Crippen LogP contribution >= 0.6 is 11.6 Å². The van der Waals surface area contributed by atoms with Gasteiger partial charge in [-0.05, 0) is 42.0 Å². The van der Waals surface area contributed by atoms with Gasteiger partial charge in [-0.2, -0.15) is 0 Å². The van der Waals surface area contributed by atoms with Crippen molar-refractivity contribution in [1.29, 1.82) is 0 Å². The highest BCUT2D eigenvalue weighted by Crippen LogP contribution is 2.22. The van der Waals surface area contributed by atoms with Crippen LogP contribution in [-0.2, 0) is 6.54 Å². The van der Waals surface area contributed by atoms with Crippen LogP contribution in [0.4, 0.5) is 0 Å². The minimum atomic E-state index is 0.770. The van der Waals surface area contributed by atoms with Gasteiger partial charge in [0.05, 0.1) is 7.11 Å². The molecule has 0 saturated heterocycles. The fraction of sp³-hybridized carbons (Fsp3) is 0.125. The number of hydrogen-bond donors (Lipinski definition) is 0. The first-order valence-electron chi connectivity index (χ1n) is 6.13. The van der Waals surface area contributed by atoms with E-state index in [0.29, 0.717) is 0 Å². The van der Waals surface area contributed by atoms with E-state index in [1.807, 2.05) is 24.3 Å². The Balaban J connectivity index is 1.96. The topological polar surface area (TPSA) is 14.2 Å². The number of halogens is 1. The summed E-state index contributed by atoms with van der Waals surface area (Å²) >= 11 is 6.00. The van der Waals surface area contributed by atoms with E-state index in [1.54, 1.807) is 7.11 Å². The molecule has 0 atom stereocenters. The molecule has 0 aliphatic carbocycles. The van der Waals surface area contributed by atoms with Crippen LogP contribution < -0.4 is 4.74 Å². The van der Waals surface area contributed by atoms with Gasteiger partial charge in [-0.15, -0.1) is 0 Å². The van der Waals surface area contributed by atoms with Crippen LogP contribution in [0.15, 0.2) is 54.7 Å². The lowest BCUT2D eigenvalue weighted by Crippen LogP contribution is -1.98. The molecular formula is C16H14ClNO. The summed E-state index contributed by atoms with van der Waals surface area (Å²) in [6.07, 6.45) is 2.08. The van der Waals surface area contributed by atoms with Crippen molar-refractivity contribution >= 4 is 22.5 Å². The van der Waals surface area contributed by atoms with E-state index in [2.05, 4.69) is 35.0 Å². The number of ether oxygens (including phenoxy) is 1. The Labute approximate surface area is 117 Å². The second-order valence-electron chi connectivity index (χ2n) is 4.50. The van der Waals surface area contributed by atoms with Crippen molar-refractivity contribution in [3.05, 3.63) is 65.3 Å². The molecule has 0 unspecified atom stereocenters. The standard InChI is InChI=1S/C16H14ClNO/c1-19-15-4-2-3-12(9-15)11-18-8-7-13-10-14(17)5-6-16(13)18/h2-10H,11H2,1H3. The number of benzene rings is 2. The molecule has 0 amide bonds. The monoisotopic (exact) mass is 271 g/mol. The molecule has 0 saturated carbocycles. The van der Waals surface area contributed by atoms with E-state index in [9.17, 15) is 0 Å². The summed E-state index contributed by atoms with van der Waals surface area (Å²) in [4.78, 5) is 0.